The number of aromatic nitrogens is 2. The molecule has 5 nitrogen and oxygen atoms in total. The molecular formula is C22H23FN4O. The van der Waals surface area contributed by atoms with Gasteiger partial charge in [0.1, 0.15) is 11.6 Å². The van der Waals surface area contributed by atoms with Crippen molar-refractivity contribution in [1.82, 2.24) is 14.9 Å². The van der Waals surface area contributed by atoms with Gasteiger partial charge in [0.25, 0.3) is 0 Å². The van der Waals surface area contributed by atoms with Crippen LogP contribution >= 0.6 is 0 Å². The number of hydrogen-bond donors (Lipinski definition) is 0. The maximum absolute atomic E-state index is 13.0. The van der Waals surface area contributed by atoms with Gasteiger partial charge in [-0.15, -0.1) is 0 Å². The van der Waals surface area contributed by atoms with Crippen LogP contribution in [0.4, 0.5) is 10.3 Å². The average Bonchev–Trinajstić information content (AvgIpc) is 2.96. The fourth-order valence-corrected chi connectivity index (χ4v) is 3.34. The van der Waals surface area contributed by atoms with Crippen molar-refractivity contribution in [3.63, 3.8) is 0 Å². The predicted octanol–water partition coefficient (Wildman–Crippen LogP) is 4.12. The van der Waals surface area contributed by atoms with Crippen molar-refractivity contribution in [2.75, 3.05) is 31.1 Å². The molecular weight excluding hydrogens is 355 g/mol. The van der Waals surface area contributed by atoms with Gasteiger partial charge >= 0.3 is 0 Å². The highest BCUT2D eigenvalue weighted by atomic mass is 19.1. The second-order valence-corrected chi connectivity index (χ2v) is 6.85. The van der Waals surface area contributed by atoms with Crippen molar-refractivity contribution in [3.8, 4) is 11.6 Å². The number of benzene rings is 2. The quantitative estimate of drug-likeness (QED) is 0.668. The van der Waals surface area contributed by atoms with Gasteiger partial charge in [0.05, 0.1) is 0 Å². The second kappa shape index (κ2) is 8.80. The maximum Gasteiger partial charge on any atom is 0.228 e. The molecule has 0 radical (unpaired) electrons. The van der Waals surface area contributed by atoms with E-state index < -0.39 is 0 Å². The summed E-state index contributed by atoms with van der Waals surface area (Å²) in [6, 6.07) is 18.2. The van der Waals surface area contributed by atoms with Gasteiger partial charge in [-0.3, -0.25) is 4.90 Å². The molecule has 0 aliphatic carbocycles. The molecule has 2 aromatic carbocycles. The SMILES string of the molecule is Fc1ccc(Oc2ccnc(N3CCCN(Cc4ccccc4)CC3)n2)cc1. The minimum atomic E-state index is -0.291. The van der Waals surface area contributed by atoms with E-state index in [-0.39, 0.29) is 5.82 Å². The Hall–Kier alpha value is -2.99. The van der Waals surface area contributed by atoms with Gasteiger partial charge in [-0.25, -0.2) is 9.37 Å². The Kier molecular flexibility index (Phi) is 5.77. The lowest BCUT2D eigenvalue weighted by Crippen LogP contribution is -2.31. The predicted molar refractivity (Wildman–Crippen MR) is 107 cm³/mol. The van der Waals surface area contributed by atoms with E-state index in [2.05, 4.69) is 44.0 Å². The van der Waals surface area contributed by atoms with Crippen molar-refractivity contribution in [3.05, 3.63) is 78.2 Å². The molecule has 0 unspecified atom stereocenters. The zero-order valence-electron chi connectivity index (χ0n) is 15.7. The van der Waals surface area contributed by atoms with E-state index in [1.807, 2.05) is 6.07 Å². The molecule has 1 aliphatic rings. The van der Waals surface area contributed by atoms with Gasteiger partial charge in [-0.2, -0.15) is 4.98 Å². The first kappa shape index (κ1) is 18.4. The number of ether oxygens (including phenoxy) is 1. The first-order valence-electron chi connectivity index (χ1n) is 9.54. The minimum Gasteiger partial charge on any atom is -0.439 e. The Bertz CT molecular complexity index is 889. The molecule has 0 saturated carbocycles. The van der Waals surface area contributed by atoms with Crippen LogP contribution in [0.5, 0.6) is 11.6 Å². The fraction of sp³-hybridized carbons (Fsp3) is 0.273. The Morgan fingerprint density at radius 3 is 2.54 bits per heavy atom. The van der Waals surface area contributed by atoms with Gasteiger partial charge in [0, 0.05) is 45.0 Å². The topological polar surface area (TPSA) is 41.5 Å². The Morgan fingerprint density at radius 2 is 1.71 bits per heavy atom. The summed E-state index contributed by atoms with van der Waals surface area (Å²) in [5.41, 5.74) is 1.34. The monoisotopic (exact) mass is 378 g/mol. The van der Waals surface area contributed by atoms with E-state index in [1.165, 1.54) is 17.7 Å². The molecule has 0 spiro atoms. The highest BCUT2D eigenvalue weighted by molar-refractivity contribution is 5.34. The van der Waals surface area contributed by atoms with Gasteiger partial charge in [0.15, 0.2) is 0 Å². The third-order valence-electron chi connectivity index (χ3n) is 4.77. The van der Waals surface area contributed by atoms with Crippen LogP contribution in [-0.4, -0.2) is 41.0 Å². The molecule has 4 rings (SSSR count). The van der Waals surface area contributed by atoms with E-state index >= 15 is 0 Å². The molecule has 0 bridgehead atoms. The Labute approximate surface area is 164 Å². The van der Waals surface area contributed by atoms with Crippen molar-refractivity contribution >= 4 is 5.95 Å². The number of halogens is 1. The molecule has 28 heavy (non-hydrogen) atoms. The molecule has 6 heteroatoms. The van der Waals surface area contributed by atoms with Gasteiger partial charge in [-0.1, -0.05) is 30.3 Å². The smallest absolute Gasteiger partial charge is 0.228 e. The summed E-state index contributed by atoms with van der Waals surface area (Å²) in [4.78, 5) is 13.6. The lowest BCUT2D eigenvalue weighted by Gasteiger charge is -2.22. The molecule has 1 aromatic heterocycles. The van der Waals surface area contributed by atoms with Crippen LogP contribution in [0.2, 0.25) is 0 Å². The number of hydrogen-bond acceptors (Lipinski definition) is 5. The first-order valence-corrected chi connectivity index (χ1v) is 9.54. The molecule has 144 valence electrons. The summed E-state index contributed by atoms with van der Waals surface area (Å²) < 4.78 is 18.8. The van der Waals surface area contributed by atoms with Crippen LogP contribution in [0.25, 0.3) is 0 Å². The number of nitrogens with zero attached hydrogens (tertiary/aromatic N) is 4. The molecule has 0 amide bonds. The van der Waals surface area contributed by atoms with E-state index in [4.69, 9.17) is 4.74 Å². The van der Waals surface area contributed by atoms with E-state index in [0.29, 0.717) is 17.6 Å². The average molecular weight is 378 g/mol. The normalized spacial score (nSPS) is 15.2. The maximum atomic E-state index is 13.0. The highest BCUT2D eigenvalue weighted by Gasteiger charge is 2.17. The third-order valence-corrected chi connectivity index (χ3v) is 4.77. The zero-order chi connectivity index (χ0) is 19.2. The molecule has 1 saturated heterocycles. The van der Waals surface area contributed by atoms with E-state index in [9.17, 15) is 4.39 Å². The summed E-state index contributed by atoms with van der Waals surface area (Å²) in [6.07, 6.45) is 2.76. The number of anilines is 1. The fourth-order valence-electron chi connectivity index (χ4n) is 3.34. The van der Waals surface area contributed by atoms with Crippen molar-refractivity contribution in [2.45, 2.75) is 13.0 Å². The van der Waals surface area contributed by atoms with E-state index in [1.54, 1.807) is 24.4 Å². The Morgan fingerprint density at radius 1 is 0.893 bits per heavy atom. The standard InChI is InChI=1S/C22H23FN4O/c23-19-7-9-20(10-8-19)28-21-11-12-24-22(25-21)27-14-4-13-26(15-16-27)17-18-5-2-1-3-6-18/h1-3,5-12H,4,13-17H2. The lowest BCUT2D eigenvalue weighted by molar-refractivity contribution is 0.285. The van der Waals surface area contributed by atoms with Crippen LogP contribution in [0.3, 0.4) is 0 Å². The van der Waals surface area contributed by atoms with Crippen molar-refractivity contribution < 1.29 is 9.13 Å². The summed E-state index contributed by atoms with van der Waals surface area (Å²) in [7, 11) is 0. The van der Waals surface area contributed by atoms with Crippen LogP contribution < -0.4 is 9.64 Å². The van der Waals surface area contributed by atoms with Crippen molar-refractivity contribution in [1.29, 1.82) is 0 Å². The first-order chi connectivity index (χ1) is 13.8. The largest absolute Gasteiger partial charge is 0.439 e. The van der Waals surface area contributed by atoms with Crippen molar-refractivity contribution in [2.24, 2.45) is 0 Å². The van der Waals surface area contributed by atoms with Crippen LogP contribution in [0.15, 0.2) is 66.9 Å². The summed E-state index contributed by atoms with van der Waals surface area (Å²) in [6.45, 7) is 4.75. The molecule has 0 atom stereocenters. The lowest BCUT2D eigenvalue weighted by atomic mass is 10.2. The molecule has 1 aliphatic heterocycles. The molecule has 3 aromatic rings. The van der Waals surface area contributed by atoms with E-state index in [0.717, 1.165) is 39.1 Å². The summed E-state index contributed by atoms with van der Waals surface area (Å²) >= 11 is 0. The molecule has 0 N–H and O–H groups in total. The van der Waals surface area contributed by atoms with Gasteiger partial charge in [-0.05, 0) is 36.2 Å². The molecule has 2 heterocycles. The second-order valence-electron chi connectivity index (χ2n) is 6.85. The third kappa shape index (κ3) is 4.84. The highest BCUT2D eigenvalue weighted by Crippen LogP contribution is 2.22. The minimum absolute atomic E-state index is 0.291. The summed E-state index contributed by atoms with van der Waals surface area (Å²) in [5, 5.41) is 0. The van der Waals surface area contributed by atoms with Crippen LogP contribution in [0.1, 0.15) is 12.0 Å². The number of rotatable bonds is 5. The van der Waals surface area contributed by atoms with Gasteiger partial charge < -0.3 is 9.64 Å². The summed E-state index contributed by atoms with van der Waals surface area (Å²) in [5.74, 6) is 1.39. The molecule has 1 fully saturated rings. The van der Waals surface area contributed by atoms with Gasteiger partial charge in [0.2, 0.25) is 11.8 Å². The van der Waals surface area contributed by atoms with Crippen LogP contribution in [-0.2, 0) is 6.54 Å². The zero-order valence-corrected chi connectivity index (χ0v) is 15.7. The Balaban J connectivity index is 1.39. The van der Waals surface area contributed by atoms with Crippen LogP contribution in [0, 0.1) is 5.82 Å².